The molecule has 1 spiro atoms. The van der Waals surface area contributed by atoms with Crippen LogP contribution in [0.5, 0.6) is 0 Å². The first kappa shape index (κ1) is 25.8. The molecular formula is C21H31N4O6P2Si+. The van der Waals surface area contributed by atoms with Crippen LogP contribution in [0, 0.1) is 5.41 Å². The molecule has 2 aliphatic heterocycles. The Labute approximate surface area is 201 Å². The Kier molecular flexibility index (Phi) is 8.79. The van der Waals surface area contributed by atoms with Crippen molar-refractivity contribution >= 4 is 34.8 Å². The lowest BCUT2D eigenvalue weighted by Gasteiger charge is -2.37. The van der Waals surface area contributed by atoms with Crippen molar-refractivity contribution in [3.63, 3.8) is 0 Å². The highest BCUT2D eigenvalue weighted by molar-refractivity contribution is 7.51. The lowest BCUT2D eigenvalue weighted by Crippen LogP contribution is -2.78. The molecule has 2 aromatic rings. The molecule has 0 atom stereocenters. The van der Waals surface area contributed by atoms with Crippen LogP contribution in [-0.4, -0.2) is 61.0 Å². The van der Waals surface area contributed by atoms with Crippen LogP contribution in [0.3, 0.4) is 0 Å². The number of nitrogens with two attached hydrogens (primary N) is 1. The fraction of sp³-hybridized carbons (Fsp3) is 0.429. The summed E-state index contributed by atoms with van der Waals surface area (Å²) in [5.41, 5.74) is 5.25. The first-order valence-electron chi connectivity index (χ1n) is 11.2. The van der Waals surface area contributed by atoms with Gasteiger partial charge in [-0.3, -0.25) is 9.05 Å². The molecule has 2 saturated heterocycles. The molecule has 0 bridgehead atoms. The van der Waals surface area contributed by atoms with Gasteiger partial charge in [0, 0.05) is 30.7 Å². The van der Waals surface area contributed by atoms with E-state index in [-0.39, 0.29) is 26.4 Å². The summed E-state index contributed by atoms with van der Waals surface area (Å²) in [4.78, 5) is 7.42. The Morgan fingerprint density at radius 1 is 0.853 bits per heavy atom. The van der Waals surface area contributed by atoms with Crippen LogP contribution in [-0.2, 0) is 27.2 Å². The van der Waals surface area contributed by atoms with Crippen molar-refractivity contribution in [3.8, 4) is 0 Å². The van der Waals surface area contributed by atoms with Gasteiger partial charge in [-0.05, 0) is 10.4 Å². The Morgan fingerprint density at radius 3 is 1.91 bits per heavy atom. The predicted octanol–water partition coefficient (Wildman–Crippen LogP) is 0.816. The first-order chi connectivity index (χ1) is 16.5. The molecule has 0 unspecified atom stereocenters. The van der Waals surface area contributed by atoms with Crippen LogP contribution >= 0.6 is 16.0 Å². The first-order valence-corrected chi connectivity index (χ1v) is 15.8. The Morgan fingerprint density at radius 2 is 1.38 bits per heavy atom. The van der Waals surface area contributed by atoms with Crippen LogP contribution in [0.1, 0.15) is 0 Å². The molecule has 34 heavy (non-hydrogen) atoms. The molecule has 184 valence electrons. The number of hydrogen-bond acceptors (Lipinski definition) is 9. The molecule has 5 N–H and O–H groups in total. The highest BCUT2D eigenvalue weighted by Gasteiger charge is 2.50. The highest BCUT2D eigenvalue weighted by atomic mass is 31.2. The quantitative estimate of drug-likeness (QED) is 0.201. The maximum absolute atomic E-state index is 13.0. The van der Waals surface area contributed by atoms with Gasteiger partial charge in [0.05, 0.1) is 18.6 Å². The van der Waals surface area contributed by atoms with Crippen molar-refractivity contribution in [3.05, 3.63) is 60.7 Å². The molecular weight excluding hydrogens is 494 g/mol. The number of hydrogen-bond donors (Lipinski definition) is 4. The van der Waals surface area contributed by atoms with Gasteiger partial charge in [0.2, 0.25) is 0 Å². The third-order valence-electron chi connectivity index (χ3n) is 5.80. The molecule has 0 aromatic heterocycles. The van der Waals surface area contributed by atoms with E-state index < -0.39 is 29.8 Å². The van der Waals surface area contributed by atoms with E-state index in [1.54, 1.807) is 0 Å². The molecule has 13 heteroatoms. The molecule has 0 radical (unpaired) electrons. The smallest absolute Gasteiger partial charge is 0.329 e. The second-order valence-electron chi connectivity index (χ2n) is 8.35. The largest absolute Gasteiger partial charge is 0.697 e. The zero-order chi connectivity index (χ0) is 23.9. The summed E-state index contributed by atoms with van der Waals surface area (Å²) in [6, 6.07) is 20.5. The van der Waals surface area contributed by atoms with Crippen molar-refractivity contribution in [1.82, 2.24) is 15.1 Å². The molecule has 2 aromatic carbocycles. The minimum Gasteiger partial charge on any atom is -0.329 e. The third kappa shape index (κ3) is 6.07. The summed E-state index contributed by atoms with van der Waals surface area (Å²) in [5.74, 6) is 0. The molecule has 10 nitrogen and oxygen atoms in total. The predicted molar refractivity (Wildman–Crippen MR) is 132 cm³/mol. The third-order valence-corrected chi connectivity index (χ3v) is 12.0. The fourth-order valence-electron chi connectivity index (χ4n) is 3.96. The standard InChI is InChI=1S/C21H31N4O6P2Si/c22-11-12-24-34(19-7-3-1-4-8-19,20-9-5-2-6-10-20)25-14-13-23-33(27)30-17-21(18-31-33)15-28-32(26)29-16-21/h1-10,24-25H,11-18,22H2,(H,23,27)/q+1. The van der Waals surface area contributed by atoms with E-state index in [0.717, 1.165) is 0 Å². The van der Waals surface area contributed by atoms with Gasteiger partial charge in [0.25, 0.3) is 8.40 Å². The van der Waals surface area contributed by atoms with E-state index in [4.69, 9.17) is 23.8 Å². The van der Waals surface area contributed by atoms with Gasteiger partial charge < -0.3 is 15.7 Å². The highest BCUT2D eigenvalue weighted by Crippen LogP contribution is 2.52. The van der Waals surface area contributed by atoms with E-state index in [9.17, 15) is 9.13 Å². The lowest BCUT2D eigenvalue weighted by molar-refractivity contribution is -0.0652. The maximum atomic E-state index is 13.0. The Bertz CT molecular complexity index is 940. The van der Waals surface area contributed by atoms with Crippen molar-refractivity contribution in [2.75, 3.05) is 52.6 Å². The van der Waals surface area contributed by atoms with E-state index in [0.29, 0.717) is 26.2 Å². The molecule has 4 rings (SSSR count). The topological polar surface area (TPSA) is 133 Å². The van der Waals surface area contributed by atoms with Crippen molar-refractivity contribution in [2.45, 2.75) is 0 Å². The second kappa shape index (κ2) is 11.6. The summed E-state index contributed by atoms with van der Waals surface area (Å²) >= 11 is 0. The van der Waals surface area contributed by atoms with Crippen molar-refractivity contribution < 1.29 is 27.2 Å². The van der Waals surface area contributed by atoms with Gasteiger partial charge in [-0.2, -0.15) is 0 Å². The van der Waals surface area contributed by atoms with Crippen LogP contribution in [0.4, 0.5) is 0 Å². The van der Waals surface area contributed by atoms with Gasteiger partial charge in [-0.1, -0.05) is 60.7 Å². The monoisotopic (exact) mass is 525 g/mol. The minimum atomic E-state index is -3.47. The van der Waals surface area contributed by atoms with Gasteiger partial charge >= 0.3 is 16.0 Å². The summed E-state index contributed by atoms with van der Waals surface area (Å²) in [6.45, 7) is 2.67. The molecule has 2 heterocycles. The summed E-state index contributed by atoms with van der Waals surface area (Å²) in [5, 5.41) is 5.28. The minimum absolute atomic E-state index is 0.138. The SMILES string of the molecule is NCCN[Si](NCCNP1(=O)OCC2(CO[P+](=O)OC2)CO1)(c1ccccc1)c1ccccc1. The van der Waals surface area contributed by atoms with Crippen LogP contribution in [0.25, 0.3) is 0 Å². The molecule has 0 aliphatic carbocycles. The molecule has 0 amide bonds. The Balaban J connectivity index is 1.40. The van der Waals surface area contributed by atoms with Gasteiger partial charge in [-0.25, -0.2) is 9.65 Å². The van der Waals surface area contributed by atoms with Crippen molar-refractivity contribution in [2.24, 2.45) is 11.1 Å². The zero-order valence-electron chi connectivity index (χ0n) is 18.9. The molecule has 0 saturated carbocycles. The maximum Gasteiger partial charge on any atom is 0.697 e. The lowest BCUT2D eigenvalue weighted by atomic mass is 9.93. The number of benzene rings is 2. The van der Waals surface area contributed by atoms with E-state index in [1.165, 1.54) is 10.4 Å². The summed E-state index contributed by atoms with van der Waals surface area (Å²) in [6.07, 6.45) is 0. The van der Waals surface area contributed by atoms with E-state index >= 15 is 0 Å². The number of nitrogens with one attached hydrogen (secondary N) is 3. The summed E-state index contributed by atoms with van der Waals surface area (Å²) < 4.78 is 45.6. The zero-order valence-corrected chi connectivity index (χ0v) is 21.6. The average Bonchev–Trinajstić information content (AvgIpc) is 2.89. The normalized spacial score (nSPS) is 26.6. The van der Waals surface area contributed by atoms with Gasteiger partial charge in [0.15, 0.2) is 0 Å². The van der Waals surface area contributed by atoms with Crippen LogP contribution in [0.2, 0.25) is 0 Å². The van der Waals surface area contributed by atoms with Crippen LogP contribution in [0.15, 0.2) is 60.7 Å². The van der Waals surface area contributed by atoms with Crippen molar-refractivity contribution in [1.29, 1.82) is 0 Å². The summed E-state index contributed by atoms with van der Waals surface area (Å²) in [7, 11) is -8.13. The molecule has 2 aliphatic rings. The van der Waals surface area contributed by atoms with Gasteiger partial charge in [-0.15, -0.1) is 9.05 Å². The van der Waals surface area contributed by atoms with Crippen LogP contribution < -0.4 is 31.2 Å². The second-order valence-corrected chi connectivity index (χ2v) is 14.5. The Hall–Kier alpha value is -1.33. The van der Waals surface area contributed by atoms with E-state index in [1.807, 2.05) is 36.4 Å². The fourth-order valence-corrected chi connectivity index (χ4v) is 10.00. The van der Waals surface area contributed by atoms with Gasteiger partial charge in [0.1, 0.15) is 13.2 Å². The average molecular weight is 526 g/mol. The van der Waals surface area contributed by atoms with E-state index in [2.05, 4.69) is 39.3 Å². The number of rotatable bonds is 10. The molecule has 2 fully saturated rings.